The highest BCUT2D eigenvalue weighted by atomic mass is 32.1. The predicted octanol–water partition coefficient (Wildman–Crippen LogP) is 4.26. The van der Waals surface area contributed by atoms with E-state index >= 15 is 0 Å². The number of fused-ring (bicyclic) bond motifs is 3. The van der Waals surface area contributed by atoms with Gasteiger partial charge in [-0.05, 0) is 57.3 Å². The predicted molar refractivity (Wildman–Crippen MR) is 103 cm³/mol. The number of hydrogen-bond donors (Lipinski definition) is 1. The van der Waals surface area contributed by atoms with E-state index in [0.29, 0.717) is 6.04 Å². The SMILES string of the molecule is Cc1nc(NC[C@@H](c2cccs2)N(C)C)c2c3c(sc2n1)CCC3. The third-order valence-corrected chi connectivity index (χ3v) is 6.79. The van der Waals surface area contributed by atoms with Crippen LogP contribution in [0.1, 0.15) is 33.6 Å². The highest BCUT2D eigenvalue weighted by molar-refractivity contribution is 7.19. The minimum Gasteiger partial charge on any atom is -0.367 e. The van der Waals surface area contributed by atoms with Gasteiger partial charge in [0, 0.05) is 16.3 Å². The van der Waals surface area contributed by atoms with Crippen molar-refractivity contribution in [3.8, 4) is 0 Å². The van der Waals surface area contributed by atoms with Crippen LogP contribution in [0.25, 0.3) is 10.2 Å². The first-order valence-corrected chi connectivity index (χ1v) is 10.1. The first kappa shape index (κ1) is 16.0. The van der Waals surface area contributed by atoms with Gasteiger partial charge >= 0.3 is 0 Å². The van der Waals surface area contributed by atoms with Gasteiger partial charge in [0.1, 0.15) is 16.5 Å². The van der Waals surface area contributed by atoms with E-state index < -0.39 is 0 Å². The number of rotatable bonds is 5. The van der Waals surface area contributed by atoms with Crippen LogP contribution in [0, 0.1) is 6.92 Å². The summed E-state index contributed by atoms with van der Waals surface area (Å²) >= 11 is 3.66. The molecule has 0 fully saturated rings. The first-order valence-electron chi connectivity index (χ1n) is 8.36. The molecule has 0 amide bonds. The fourth-order valence-electron chi connectivity index (χ4n) is 3.44. The number of likely N-dealkylation sites (N-methyl/N-ethyl adjacent to an activating group) is 1. The summed E-state index contributed by atoms with van der Waals surface area (Å²) in [6.45, 7) is 2.84. The van der Waals surface area contributed by atoms with Gasteiger partial charge in [-0.1, -0.05) is 6.07 Å². The lowest BCUT2D eigenvalue weighted by atomic mass is 10.1. The van der Waals surface area contributed by atoms with Crippen LogP contribution in [0.15, 0.2) is 17.5 Å². The zero-order chi connectivity index (χ0) is 16.7. The summed E-state index contributed by atoms with van der Waals surface area (Å²) in [5, 5.41) is 7.04. The maximum atomic E-state index is 4.73. The number of nitrogens with one attached hydrogen (secondary N) is 1. The number of aromatic nitrogens is 2. The average Bonchev–Trinajstić information content (AvgIpc) is 3.22. The highest BCUT2D eigenvalue weighted by Crippen LogP contribution is 2.39. The molecule has 3 aromatic heterocycles. The topological polar surface area (TPSA) is 41.1 Å². The first-order chi connectivity index (χ1) is 11.6. The lowest BCUT2D eigenvalue weighted by Gasteiger charge is -2.24. The zero-order valence-electron chi connectivity index (χ0n) is 14.3. The van der Waals surface area contributed by atoms with Crippen molar-refractivity contribution in [1.82, 2.24) is 14.9 Å². The maximum absolute atomic E-state index is 4.73. The quantitative estimate of drug-likeness (QED) is 0.740. The Labute approximate surface area is 150 Å². The van der Waals surface area contributed by atoms with Gasteiger partial charge in [-0.15, -0.1) is 22.7 Å². The second-order valence-electron chi connectivity index (χ2n) is 6.53. The van der Waals surface area contributed by atoms with E-state index in [2.05, 4.69) is 46.8 Å². The standard InChI is InChI=1S/C18H22N4S2/c1-11-20-17(16-12-6-4-7-14(12)24-18(16)21-11)19-10-13(22(2)3)15-8-5-9-23-15/h5,8-9,13H,4,6-7,10H2,1-3H3,(H,19,20,21)/t13-/m0/s1. The lowest BCUT2D eigenvalue weighted by molar-refractivity contribution is 0.316. The third-order valence-electron chi connectivity index (χ3n) is 4.63. The second kappa shape index (κ2) is 6.43. The summed E-state index contributed by atoms with van der Waals surface area (Å²) in [7, 11) is 4.27. The monoisotopic (exact) mass is 358 g/mol. The number of hydrogen-bond acceptors (Lipinski definition) is 6. The van der Waals surface area contributed by atoms with Crippen LogP contribution in [0.4, 0.5) is 5.82 Å². The Balaban J connectivity index is 1.67. The number of anilines is 1. The molecule has 1 aliphatic rings. The zero-order valence-corrected chi connectivity index (χ0v) is 15.9. The van der Waals surface area contributed by atoms with Crippen LogP contribution in [-0.4, -0.2) is 35.5 Å². The van der Waals surface area contributed by atoms with Gasteiger partial charge in [0.15, 0.2) is 0 Å². The van der Waals surface area contributed by atoms with Gasteiger partial charge in [0.25, 0.3) is 0 Å². The van der Waals surface area contributed by atoms with E-state index in [4.69, 9.17) is 4.98 Å². The van der Waals surface area contributed by atoms with Crippen molar-refractivity contribution in [3.63, 3.8) is 0 Å². The van der Waals surface area contributed by atoms with Gasteiger partial charge in [0.05, 0.1) is 11.4 Å². The van der Waals surface area contributed by atoms with Crippen molar-refractivity contribution in [3.05, 3.63) is 38.7 Å². The van der Waals surface area contributed by atoms with Crippen LogP contribution in [0.5, 0.6) is 0 Å². The molecule has 1 atom stereocenters. The van der Waals surface area contributed by atoms with Crippen molar-refractivity contribution >= 4 is 38.7 Å². The molecule has 4 rings (SSSR count). The highest BCUT2D eigenvalue weighted by Gasteiger charge is 2.23. The number of thiophene rings is 2. The van der Waals surface area contributed by atoms with Crippen molar-refractivity contribution < 1.29 is 0 Å². The lowest BCUT2D eigenvalue weighted by Crippen LogP contribution is -2.26. The van der Waals surface area contributed by atoms with Gasteiger partial charge in [-0.25, -0.2) is 9.97 Å². The van der Waals surface area contributed by atoms with Crippen molar-refractivity contribution in [2.75, 3.05) is 26.0 Å². The minimum absolute atomic E-state index is 0.349. The summed E-state index contributed by atoms with van der Waals surface area (Å²) < 4.78 is 0. The molecule has 0 radical (unpaired) electrons. The van der Waals surface area contributed by atoms with Crippen LogP contribution >= 0.6 is 22.7 Å². The molecule has 6 heteroatoms. The van der Waals surface area contributed by atoms with Crippen LogP contribution in [0.3, 0.4) is 0 Å². The Morgan fingerprint density at radius 1 is 1.29 bits per heavy atom. The van der Waals surface area contributed by atoms with E-state index in [1.165, 1.54) is 40.0 Å². The molecule has 3 aromatic rings. The van der Waals surface area contributed by atoms with E-state index in [1.807, 2.05) is 29.6 Å². The Kier molecular flexibility index (Phi) is 4.28. The fraction of sp³-hybridized carbons (Fsp3) is 0.444. The summed E-state index contributed by atoms with van der Waals surface area (Å²) in [6.07, 6.45) is 3.63. The van der Waals surface area contributed by atoms with Crippen LogP contribution in [-0.2, 0) is 12.8 Å². The van der Waals surface area contributed by atoms with Gasteiger partial charge in [-0.2, -0.15) is 0 Å². The summed E-state index contributed by atoms with van der Waals surface area (Å²) in [5.41, 5.74) is 1.48. The Morgan fingerprint density at radius 3 is 2.92 bits per heavy atom. The number of nitrogens with zero attached hydrogens (tertiary/aromatic N) is 3. The Hall–Kier alpha value is -1.50. The molecular formula is C18H22N4S2. The third kappa shape index (κ3) is 2.83. The van der Waals surface area contributed by atoms with Gasteiger partial charge < -0.3 is 10.2 Å². The summed E-state index contributed by atoms with van der Waals surface area (Å²) in [5.74, 6) is 1.86. The van der Waals surface area contributed by atoms with Gasteiger partial charge in [0.2, 0.25) is 0 Å². The largest absolute Gasteiger partial charge is 0.367 e. The normalized spacial score (nSPS) is 15.2. The minimum atomic E-state index is 0.349. The van der Waals surface area contributed by atoms with Crippen LogP contribution in [0.2, 0.25) is 0 Å². The van der Waals surface area contributed by atoms with E-state index in [1.54, 1.807) is 0 Å². The molecule has 4 nitrogen and oxygen atoms in total. The average molecular weight is 359 g/mol. The van der Waals surface area contributed by atoms with Gasteiger partial charge in [-0.3, -0.25) is 0 Å². The molecule has 0 aromatic carbocycles. The smallest absolute Gasteiger partial charge is 0.138 e. The maximum Gasteiger partial charge on any atom is 0.138 e. The molecule has 1 aliphatic carbocycles. The number of aryl methyl sites for hydroxylation is 3. The fourth-order valence-corrected chi connectivity index (χ4v) is 5.67. The molecule has 0 unspecified atom stereocenters. The Bertz CT molecular complexity index is 852. The van der Waals surface area contributed by atoms with E-state index in [9.17, 15) is 0 Å². The van der Waals surface area contributed by atoms with Crippen molar-refractivity contribution in [2.24, 2.45) is 0 Å². The molecule has 126 valence electrons. The molecule has 0 saturated carbocycles. The molecular weight excluding hydrogens is 336 g/mol. The molecule has 0 aliphatic heterocycles. The molecule has 24 heavy (non-hydrogen) atoms. The summed E-state index contributed by atoms with van der Waals surface area (Å²) in [4.78, 5) is 15.7. The molecule has 0 spiro atoms. The molecule has 0 saturated heterocycles. The van der Waals surface area contributed by atoms with Crippen molar-refractivity contribution in [2.45, 2.75) is 32.2 Å². The summed E-state index contributed by atoms with van der Waals surface area (Å²) in [6, 6.07) is 4.68. The Morgan fingerprint density at radius 2 is 2.17 bits per heavy atom. The molecule has 3 heterocycles. The van der Waals surface area contributed by atoms with E-state index in [0.717, 1.165) is 23.0 Å². The van der Waals surface area contributed by atoms with E-state index in [-0.39, 0.29) is 0 Å². The van der Waals surface area contributed by atoms with Crippen molar-refractivity contribution in [1.29, 1.82) is 0 Å². The van der Waals surface area contributed by atoms with Crippen LogP contribution < -0.4 is 5.32 Å². The molecule has 0 bridgehead atoms. The molecule has 1 N–H and O–H groups in total. The second-order valence-corrected chi connectivity index (χ2v) is 8.60.